The number of fused-ring (bicyclic) bond motifs is 1. The van der Waals surface area contributed by atoms with Crippen LogP contribution >= 0.6 is 0 Å². The van der Waals surface area contributed by atoms with Crippen molar-refractivity contribution in [2.75, 3.05) is 13.1 Å². The third kappa shape index (κ3) is 3.95. The van der Waals surface area contributed by atoms with Gasteiger partial charge in [0.25, 0.3) is 0 Å². The molecule has 1 unspecified atom stereocenters. The summed E-state index contributed by atoms with van der Waals surface area (Å²) in [4.78, 5) is 39.0. The zero-order valence-corrected chi connectivity index (χ0v) is 13.7. The van der Waals surface area contributed by atoms with Gasteiger partial charge in [0.2, 0.25) is 0 Å². The van der Waals surface area contributed by atoms with Gasteiger partial charge in [0, 0.05) is 38.8 Å². The molecule has 24 heavy (non-hydrogen) atoms. The molecule has 5 atom stereocenters. The summed E-state index contributed by atoms with van der Waals surface area (Å²) >= 11 is 0. The second-order valence-electron chi connectivity index (χ2n) is 5.84. The minimum absolute atomic E-state index is 0.322. The van der Waals surface area contributed by atoms with E-state index in [2.05, 4.69) is 10.0 Å². The Balaban J connectivity index is 2.36. The van der Waals surface area contributed by atoms with E-state index in [1.807, 2.05) is 4.90 Å². The van der Waals surface area contributed by atoms with Crippen molar-refractivity contribution in [3.05, 3.63) is 10.4 Å². The molecule has 2 aliphatic heterocycles. The quantitative estimate of drug-likeness (QED) is 0.240. The van der Waals surface area contributed by atoms with Crippen molar-refractivity contribution in [3.63, 3.8) is 0 Å². The Morgan fingerprint density at radius 2 is 1.62 bits per heavy atom. The highest BCUT2D eigenvalue weighted by Crippen LogP contribution is 2.34. The lowest BCUT2D eigenvalue weighted by molar-refractivity contribution is -0.185. The van der Waals surface area contributed by atoms with Crippen LogP contribution in [0.2, 0.25) is 0 Å². The average Bonchev–Trinajstić information content (AvgIpc) is 2.83. The number of nitrogens with zero attached hydrogens (tertiary/aromatic N) is 4. The molecule has 132 valence electrons. The minimum atomic E-state index is -0.931. The Kier molecular flexibility index (Phi) is 5.63. The van der Waals surface area contributed by atoms with Gasteiger partial charge < -0.3 is 14.2 Å². The van der Waals surface area contributed by atoms with Crippen LogP contribution in [0.3, 0.4) is 0 Å². The van der Waals surface area contributed by atoms with Gasteiger partial charge in [-0.2, -0.15) is 0 Å². The molecule has 2 rings (SSSR count). The molecule has 10 heteroatoms. The Labute approximate surface area is 138 Å². The Morgan fingerprint density at radius 1 is 1.04 bits per heavy atom. The Morgan fingerprint density at radius 3 is 2.17 bits per heavy atom. The van der Waals surface area contributed by atoms with Gasteiger partial charge >= 0.3 is 17.9 Å². The number of esters is 3. The van der Waals surface area contributed by atoms with E-state index in [0.717, 1.165) is 0 Å². The van der Waals surface area contributed by atoms with Gasteiger partial charge in [0.05, 0.1) is 12.1 Å². The van der Waals surface area contributed by atoms with Gasteiger partial charge in [0.1, 0.15) is 12.2 Å². The molecule has 0 spiro atoms. The lowest BCUT2D eigenvalue weighted by Gasteiger charge is -2.44. The fraction of sp³-hybridized carbons (Fsp3) is 0.786. The molecular weight excluding hydrogens is 320 g/mol. The third-order valence-electron chi connectivity index (χ3n) is 4.09. The first kappa shape index (κ1) is 18.0. The Hall–Kier alpha value is -2.32. The van der Waals surface area contributed by atoms with Crippen LogP contribution in [-0.2, 0) is 28.6 Å². The third-order valence-corrected chi connectivity index (χ3v) is 4.09. The van der Waals surface area contributed by atoms with Gasteiger partial charge in [-0.15, -0.1) is 0 Å². The van der Waals surface area contributed by atoms with E-state index in [9.17, 15) is 14.4 Å². The van der Waals surface area contributed by atoms with Gasteiger partial charge in [-0.3, -0.25) is 19.3 Å². The van der Waals surface area contributed by atoms with E-state index < -0.39 is 48.3 Å². The average molecular weight is 340 g/mol. The molecule has 0 N–H and O–H groups in total. The summed E-state index contributed by atoms with van der Waals surface area (Å²) in [6.45, 7) is 4.68. The van der Waals surface area contributed by atoms with E-state index >= 15 is 0 Å². The highest BCUT2D eigenvalue weighted by molar-refractivity contribution is 5.68. The molecule has 0 bridgehead atoms. The second kappa shape index (κ2) is 7.50. The first-order valence-corrected chi connectivity index (χ1v) is 7.63. The van der Waals surface area contributed by atoms with Crippen LogP contribution in [0.15, 0.2) is 5.11 Å². The maximum Gasteiger partial charge on any atom is 0.303 e. The summed E-state index contributed by atoms with van der Waals surface area (Å²) in [5, 5.41) is 3.68. The highest BCUT2D eigenvalue weighted by atomic mass is 16.6. The molecule has 2 heterocycles. The van der Waals surface area contributed by atoms with E-state index in [1.54, 1.807) is 0 Å². The van der Waals surface area contributed by atoms with Gasteiger partial charge in [-0.25, -0.2) is 0 Å². The fourth-order valence-corrected chi connectivity index (χ4v) is 3.41. The molecule has 0 aliphatic carbocycles. The predicted octanol–water partition coefficient (Wildman–Crippen LogP) is 0.548. The van der Waals surface area contributed by atoms with Crippen molar-refractivity contribution in [1.29, 1.82) is 0 Å². The number of carbonyl (C=O) groups excluding carboxylic acids is 3. The number of rotatable bonds is 4. The van der Waals surface area contributed by atoms with Crippen molar-refractivity contribution in [1.82, 2.24) is 4.90 Å². The summed E-state index contributed by atoms with van der Waals surface area (Å²) in [5.74, 6) is -1.58. The molecule has 0 radical (unpaired) electrons. The van der Waals surface area contributed by atoms with E-state index in [4.69, 9.17) is 19.7 Å². The number of azide groups is 1. The first-order chi connectivity index (χ1) is 11.3. The predicted molar refractivity (Wildman–Crippen MR) is 79.6 cm³/mol. The minimum Gasteiger partial charge on any atom is -0.461 e. The molecule has 0 amide bonds. The zero-order chi connectivity index (χ0) is 17.9. The largest absolute Gasteiger partial charge is 0.461 e. The molecule has 0 aromatic rings. The molecule has 0 aromatic heterocycles. The van der Waals surface area contributed by atoms with E-state index in [0.29, 0.717) is 19.5 Å². The number of hydrogen-bond acceptors (Lipinski definition) is 8. The molecule has 10 nitrogen and oxygen atoms in total. The van der Waals surface area contributed by atoms with Crippen LogP contribution in [0.1, 0.15) is 27.2 Å². The summed E-state index contributed by atoms with van der Waals surface area (Å²) in [6.07, 6.45) is -1.75. The van der Waals surface area contributed by atoms with Crippen molar-refractivity contribution in [2.24, 2.45) is 5.11 Å². The second-order valence-corrected chi connectivity index (χ2v) is 5.84. The number of piperidine rings is 1. The summed E-state index contributed by atoms with van der Waals surface area (Å²) in [7, 11) is 0. The number of hydrogen-bond donors (Lipinski definition) is 0. The smallest absolute Gasteiger partial charge is 0.303 e. The van der Waals surface area contributed by atoms with E-state index in [-0.39, 0.29) is 0 Å². The van der Waals surface area contributed by atoms with Gasteiger partial charge in [-0.1, -0.05) is 5.11 Å². The molecule has 2 fully saturated rings. The highest BCUT2D eigenvalue weighted by Gasteiger charge is 2.53. The van der Waals surface area contributed by atoms with E-state index in [1.165, 1.54) is 20.8 Å². The van der Waals surface area contributed by atoms with Crippen molar-refractivity contribution in [3.8, 4) is 0 Å². The summed E-state index contributed by atoms with van der Waals surface area (Å²) in [6, 6.07) is -1.15. The van der Waals surface area contributed by atoms with Crippen LogP contribution in [0, 0.1) is 0 Å². The topological polar surface area (TPSA) is 131 Å². The molecule has 0 aromatic carbocycles. The monoisotopic (exact) mass is 340 g/mol. The number of ether oxygens (including phenoxy) is 3. The number of carbonyl (C=O) groups is 3. The molecule has 0 saturated carbocycles. The summed E-state index contributed by atoms with van der Waals surface area (Å²) < 4.78 is 16.0. The maximum absolute atomic E-state index is 11.5. The van der Waals surface area contributed by atoms with Crippen LogP contribution in [-0.4, -0.2) is 66.3 Å². The SMILES string of the molecule is CC(=O)O[C@@H]1[C@@H](N=[N+]=[N-])CN2CC[C@H](OC(C)=O)C2[C@H]1OC(C)=O. The van der Waals surface area contributed by atoms with Gasteiger partial charge in [-0.05, 0) is 12.0 Å². The molecule has 2 aliphatic rings. The van der Waals surface area contributed by atoms with Crippen molar-refractivity contribution < 1.29 is 28.6 Å². The molecule has 2 saturated heterocycles. The molecular formula is C14H20N4O6. The van der Waals surface area contributed by atoms with Crippen LogP contribution < -0.4 is 0 Å². The Bertz CT molecular complexity index is 576. The van der Waals surface area contributed by atoms with Crippen molar-refractivity contribution in [2.45, 2.75) is 57.6 Å². The zero-order valence-electron chi connectivity index (χ0n) is 13.7. The van der Waals surface area contributed by atoms with Crippen molar-refractivity contribution >= 4 is 17.9 Å². The van der Waals surface area contributed by atoms with Crippen LogP contribution in [0.5, 0.6) is 0 Å². The van der Waals surface area contributed by atoms with Crippen LogP contribution in [0.4, 0.5) is 0 Å². The lowest BCUT2D eigenvalue weighted by Crippen LogP contribution is -2.63. The maximum atomic E-state index is 11.5. The summed E-state index contributed by atoms with van der Waals surface area (Å²) in [5.41, 5.74) is 8.77. The van der Waals surface area contributed by atoms with Crippen LogP contribution in [0.25, 0.3) is 10.4 Å². The normalized spacial score (nSPS) is 32.2. The first-order valence-electron chi connectivity index (χ1n) is 7.63. The fourth-order valence-electron chi connectivity index (χ4n) is 3.41. The lowest BCUT2D eigenvalue weighted by atomic mass is 9.91. The standard InChI is InChI=1S/C14H20N4O6/c1-7(19)22-11-4-5-18-6-10(16-17-15)13(23-8(2)20)14(12(11)18)24-9(3)21/h10-14H,4-6H2,1-3H3/t10-,11-,12?,13+,14+/m0/s1. The van der Waals surface area contributed by atoms with Gasteiger partial charge in [0.15, 0.2) is 6.10 Å².